The number of rotatable bonds is 11. The van der Waals surface area contributed by atoms with Crippen LogP contribution in [0.4, 0.5) is 4.39 Å². The number of hydrogen-bond donors (Lipinski definition) is 3. The van der Waals surface area contributed by atoms with Crippen LogP contribution >= 0.6 is 0 Å². The third-order valence-electron chi connectivity index (χ3n) is 5.49. The van der Waals surface area contributed by atoms with E-state index in [9.17, 15) is 23.9 Å². The standard InChI is InChI=1S/C28H27FN2O7/c1-36-23-15-19(16-24(37-2)25(23)38-3)26(32)30-21(13-18-9-11-20(29)12-10-18)27(33)31-22(28(34)35)14-17-7-5-4-6-8-17/h4-13,15-16,22H,14H2,1-3H3,(H,30,32)(H,31,33)(H,34,35). The average Bonchev–Trinajstić information content (AvgIpc) is 2.92. The fourth-order valence-electron chi connectivity index (χ4n) is 3.58. The Morgan fingerprint density at radius 3 is 2.05 bits per heavy atom. The summed E-state index contributed by atoms with van der Waals surface area (Å²) in [5.74, 6) is -2.57. The quantitative estimate of drug-likeness (QED) is 0.330. The molecule has 1 atom stereocenters. The fourth-order valence-corrected chi connectivity index (χ4v) is 3.58. The van der Waals surface area contributed by atoms with Gasteiger partial charge in [0, 0.05) is 12.0 Å². The molecule has 0 aromatic heterocycles. The van der Waals surface area contributed by atoms with Gasteiger partial charge in [0.05, 0.1) is 21.3 Å². The van der Waals surface area contributed by atoms with Crippen molar-refractivity contribution in [3.63, 3.8) is 0 Å². The largest absolute Gasteiger partial charge is 0.493 e. The predicted molar refractivity (Wildman–Crippen MR) is 138 cm³/mol. The monoisotopic (exact) mass is 522 g/mol. The minimum absolute atomic E-state index is 0.0204. The lowest BCUT2D eigenvalue weighted by atomic mass is 10.1. The van der Waals surface area contributed by atoms with Gasteiger partial charge in [-0.3, -0.25) is 9.59 Å². The molecule has 198 valence electrons. The van der Waals surface area contributed by atoms with E-state index in [-0.39, 0.29) is 34.9 Å². The van der Waals surface area contributed by atoms with Crippen LogP contribution in [0, 0.1) is 5.82 Å². The molecule has 3 rings (SSSR count). The van der Waals surface area contributed by atoms with Crippen molar-refractivity contribution in [3.8, 4) is 17.2 Å². The summed E-state index contributed by atoms with van der Waals surface area (Å²) in [6.07, 6.45) is 1.33. The van der Waals surface area contributed by atoms with Crippen molar-refractivity contribution in [2.45, 2.75) is 12.5 Å². The highest BCUT2D eigenvalue weighted by Crippen LogP contribution is 2.38. The molecule has 0 aliphatic carbocycles. The fraction of sp³-hybridized carbons (Fsp3) is 0.179. The molecular weight excluding hydrogens is 495 g/mol. The number of benzene rings is 3. The smallest absolute Gasteiger partial charge is 0.326 e. The summed E-state index contributed by atoms with van der Waals surface area (Å²) in [7, 11) is 4.21. The predicted octanol–water partition coefficient (Wildman–Crippen LogP) is 3.43. The van der Waals surface area contributed by atoms with Crippen LogP contribution in [0.25, 0.3) is 6.08 Å². The summed E-state index contributed by atoms with van der Waals surface area (Å²) < 4.78 is 29.3. The maximum atomic E-state index is 13.4. The molecule has 3 aromatic rings. The van der Waals surface area contributed by atoms with Gasteiger partial charge in [-0.05, 0) is 41.5 Å². The molecule has 2 amide bonds. The second-order valence-corrected chi connectivity index (χ2v) is 8.03. The highest BCUT2D eigenvalue weighted by Gasteiger charge is 2.24. The van der Waals surface area contributed by atoms with Crippen molar-refractivity contribution in [2.75, 3.05) is 21.3 Å². The van der Waals surface area contributed by atoms with Crippen molar-refractivity contribution < 1.29 is 38.1 Å². The van der Waals surface area contributed by atoms with Crippen LogP contribution in [0.5, 0.6) is 17.2 Å². The molecule has 0 saturated heterocycles. The van der Waals surface area contributed by atoms with Crippen molar-refractivity contribution >= 4 is 23.9 Å². The minimum atomic E-state index is -1.28. The number of ether oxygens (including phenoxy) is 3. The normalized spacial score (nSPS) is 11.7. The van der Waals surface area contributed by atoms with E-state index in [0.717, 1.165) is 0 Å². The van der Waals surface area contributed by atoms with E-state index in [4.69, 9.17) is 14.2 Å². The molecule has 0 spiro atoms. The zero-order chi connectivity index (χ0) is 27.7. The van der Waals surface area contributed by atoms with Gasteiger partial charge in [-0.1, -0.05) is 42.5 Å². The lowest BCUT2D eigenvalue weighted by Crippen LogP contribution is -2.45. The SMILES string of the molecule is COc1cc(C(=O)NC(=Cc2ccc(F)cc2)C(=O)NC(Cc2ccccc2)C(=O)O)cc(OC)c1OC. The number of carboxylic acid groups (broad SMARTS) is 1. The third kappa shape index (κ3) is 7.10. The Morgan fingerprint density at radius 1 is 0.921 bits per heavy atom. The third-order valence-corrected chi connectivity index (χ3v) is 5.49. The summed E-state index contributed by atoms with van der Waals surface area (Å²) in [5.41, 5.74) is 0.924. The number of halogens is 1. The Bertz CT molecular complexity index is 1300. The molecule has 10 heteroatoms. The summed E-state index contributed by atoms with van der Waals surface area (Å²) in [6.45, 7) is 0. The number of methoxy groups -OCH3 is 3. The second-order valence-electron chi connectivity index (χ2n) is 8.03. The molecule has 0 fully saturated rings. The first-order valence-corrected chi connectivity index (χ1v) is 11.4. The van der Waals surface area contributed by atoms with Crippen LogP contribution in [0.2, 0.25) is 0 Å². The minimum Gasteiger partial charge on any atom is -0.493 e. The maximum absolute atomic E-state index is 13.4. The van der Waals surface area contributed by atoms with Gasteiger partial charge in [-0.25, -0.2) is 9.18 Å². The van der Waals surface area contributed by atoms with Crippen LogP contribution in [0.3, 0.4) is 0 Å². The van der Waals surface area contributed by atoms with Crippen molar-refractivity contribution in [3.05, 3.63) is 94.9 Å². The van der Waals surface area contributed by atoms with E-state index in [1.807, 2.05) is 0 Å². The number of amides is 2. The summed E-state index contributed by atoms with van der Waals surface area (Å²) in [5, 5.41) is 14.7. The molecule has 0 radical (unpaired) electrons. The first-order chi connectivity index (χ1) is 18.2. The van der Waals surface area contributed by atoms with Gasteiger partial charge in [0.15, 0.2) is 11.5 Å². The van der Waals surface area contributed by atoms with E-state index < -0.39 is 29.6 Å². The number of carboxylic acids is 1. The van der Waals surface area contributed by atoms with E-state index in [1.54, 1.807) is 30.3 Å². The Labute approximate surface area is 218 Å². The van der Waals surface area contributed by atoms with Crippen molar-refractivity contribution in [2.24, 2.45) is 0 Å². The van der Waals surface area contributed by atoms with Gasteiger partial charge in [0.25, 0.3) is 11.8 Å². The number of aliphatic carboxylic acids is 1. The van der Waals surface area contributed by atoms with Crippen LogP contribution in [0.1, 0.15) is 21.5 Å². The van der Waals surface area contributed by atoms with Crippen LogP contribution in [-0.4, -0.2) is 50.3 Å². The van der Waals surface area contributed by atoms with Gasteiger partial charge in [-0.15, -0.1) is 0 Å². The van der Waals surface area contributed by atoms with Gasteiger partial charge in [0.2, 0.25) is 5.75 Å². The van der Waals surface area contributed by atoms with Gasteiger partial charge in [0.1, 0.15) is 17.6 Å². The van der Waals surface area contributed by atoms with Gasteiger partial charge in [-0.2, -0.15) is 0 Å². The molecule has 0 saturated carbocycles. The highest BCUT2D eigenvalue weighted by molar-refractivity contribution is 6.06. The lowest BCUT2D eigenvalue weighted by Gasteiger charge is -2.18. The molecule has 0 aliphatic rings. The molecule has 3 aromatic carbocycles. The number of hydrogen-bond acceptors (Lipinski definition) is 6. The zero-order valence-electron chi connectivity index (χ0n) is 21.0. The Hall–Kier alpha value is -4.86. The van der Waals surface area contributed by atoms with E-state index in [0.29, 0.717) is 11.1 Å². The molecule has 38 heavy (non-hydrogen) atoms. The Morgan fingerprint density at radius 2 is 1.53 bits per heavy atom. The number of carbonyl (C=O) groups excluding carboxylic acids is 2. The Kier molecular flexibility index (Phi) is 9.42. The van der Waals surface area contributed by atoms with Gasteiger partial charge < -0.3 is 30.0 Å². The lowest BCUT2D eigenvalue weighted by molar-refractivity contribution is -0.141. The number of nitrogens with one attached hydrogen (secondary N) is 2. The first kappa shape index (κ1) is 27.7. The molecule has 9 nitrogen and oxygen atoms in total. The number of carbonyl (C=O) groups is 3. The van der Waals surface area contributed by atoms with E-state index in [1.165, 1.54) is 63.8 Å². The van der Waals surface area contributed by atoms with Gasteiger partial charge >= 0.3 is 5.97 Å². The van der Waals surface area contributed by atoms with E-state index >= 15 is 0 Å². The maximum Gasteiger partial charge on any atom is 0.326 e. The summed E-state index contributed by atoms with van der Waals surface area (Å²) >= 11 is 0. The van der Waals surface area contributed by atoms with Crippen LogP contribution in [0.15, 0.2) is 72.4 Å². The molecular formula is C28H27FN2O7. The molecule has 1 unspecified atom stereocenters. The zero-order valence-corrected chi connectivity index (χ0v) is 21.0. The van der Waals surface area contributed by atoms with Crippen molar-refractivity contribution in [1.82, 2.24) is 10.6 Å². The molecule has 0 aliphatic heterocycles. The molecule has 3 N–H and O–H groups in total. The topological polar surface area (TPSA) is 123 Å². The summed E-state index contributed by atoms with van der Waals surface area (Å²) in [4.78, 5) is 38.3. The molecule has 0 bridgehead atoms. The highest BCUT2D eigenvalue weighted by atomic mass is 19.1. The Balaban J connectivity index is 1.93. The molecule has 0 heterocycles. The van der Waals surface area contributed by atoms with Crippen molar-refractivity contribution in [1.29, 1.82) is 0 Å². The average molecular weight is 523 g/mol. The van der Waals surface area contributed by atoms with Crippen LogP contribution < -0.4 is 24.8 Å². The first-order valence-electron chi connectivity index (χ1n) is 11.4. The summed E-state index contributed by atoms with van der Waals surface area (Å²) in [6, 6.07) is 15.5. The second kappa shape index (κ2) is 12.9. The van der Waals surface area contributed by atoms with Crippen LogP contribution in [-0.2, 0) is 16.0 Å². The van der Waals surface area contributed by atoms with E-state index in [2.05, 4.69) is 10.6 Å².